The molecule has 0 radical (unpaired) electrons. The summed E-state index contributed by atoms with van der Waals surface area (Å²) in [5.74, 6) is 1.12. The quantitative estimate of drug-likeness (QED) is 0.725. The molecule has 10 heteroatoms. The topological polar surface area (TPSA) is 64.9 Å². The molecular weight excluding hydrogens is 411 g/mol. The Labute approximate surface area is 179 Å². The molecule has 168 valence electrons. The number of nitrogens with one attached hydrogen (secondary N) is 1. The van der Waals surface area contributed by atoms with Crippen LogP contribution >= 0.6 is 0 Å². The summed E-state index contributed by atoms with van der Waals surface area (Å²) in [5.41, 5.74) is -0.388. The molecule has 0 fully saturated rings. The third-order valence-corrected chi connectivity index (χ3v) is 4.75. The van der Waals surface area contributed by atoms with E-state index < -0.39 is 23.8 Å². The number of halogens is 3. The van der Waals surface area contributed by atoms with Gasteiger partial charge >= 0.3 is 12.2 Å². The molecule has 1 aromatic heterocycles. The Hall–Kier alpha value is -3.01. The van der Waals surface area contributed by atoms with Crippen molar-refractivity contribution in [2.45, 2.75) is 32.6 Å². The second-order valence-corrected chi connectivity index (χ2v) is 8.00. The lowest BCUT2D eigenvalue weighted by molar-refractivity contribution is -0.137. The monoisotopic (exact) mass is 437 g/mol. The van der Waals surface area contributed by atoms with Gasteiger partial charge in [0.25, 0.3) is 0 Å². The van der Waals surface area contributed by atoms with E-state index in [2.05, 4.69) is 10.3 Å². The van der Waals surface area contributed by atoms with Crippen LogP contribution < -0.4 is 10.2 Å². The largest absolute Gasteiger partial charge is 0.442 e. The molecule has 2 amide bonds. The summed E-state index contributed by atoms with van der Waals surface area (Å²) in [6.45, 7) is 4.56. The van der Waals surface area contributed by atoms with Gasteiger partial charge < -0.3 is 19.5 Å². The van der Waals surface area contributed by atoms with Gasteiger partial charge in [0.15, 0.2) is 0 Å². The molecule has 0 saturated carbocycles. The lowest BCUT2D eigenvalue weighted by atomic mass is 10.0. The first-order valence-electron chi connectivity index (χ1n) is 9.83. The average Bonchev–Trinajstić information content (AvgIpc) is 3.34. The third-order valence-electron chi connectivity index (χ3n) is 4.75. The van der Waals surface area contributed by atoms with Gasteiger partial charge in [0.05, 0.1) is 18.3 Å². The molecule has 31 heavy (non-hydrogen) atoms. The number of nitrogens with zero attached hydrogens (tertiary/aromatic N) is 4. The van der Waals surface area contributed by atoms with Crippen molar-refractivity contribution in [2.75, 3.05) is 25.7 Å². The number of carbonyl (C=O) groups is 1. The summed E-state index contributed by atoms with van der Waals surface area (Å²) in [6.07, 6.45) is 0.310. The zero-order valence-electron chi connectivity index (χ0n) is 17.8. The van der Waals surface area contributed by atoms with Crippen LogP contribution in [-0.2, 0) is 12.7 Å². The molecule has 7 nitrogen and oxygen atoms in total. The predicted molar refractivity (Wildman–Crippen MR) is 110 cm³/mol. The summed E-state index contributed by atoms with van der Waals surface area (Å²) >= 11 is 0. The molecule has 3 rings (SSSR count). The Morgan fingerprint density at radius 3 is 2.68 bits per heavy atom. The Kier molecular flexibility index (Phi) is 6.59. The number of hydrogen-bond acceptors (Lipinski definition) is 5. The fraction of sp³-hybridized carbons (Fsp3) is 0.429. The van der Waals surface area contributed by atoms with E-state index in [-0.39, 0.29) is 12.6 Å². The Morgan fingerprint density at radius 2 is 2.03 bits per heavy atom. The highest BCUT2D eigenvalue weighted by molar-refractivity contribution is 5.77. The van der Waals surface area contributed by atoms with Crippen molar-refractivity contribution in [2.24, 2.45) is 5.92 Å². The van der Waals surface area contributed by atoms with Gasteiger partial charge in [-0.2, -0.15) is 13.2 Å². The van der Waals surface area contributed by atoms with Crippen molar-refractivity contribution in [3.63, 3.8) is 0 Å². The molecule has 1 aliphatic heterocycles. The van der Waals surface area contributed by atoms with Crippen LogP contribution in [0.1, 0.15) is 37.1 Å². The summed E-state index contributed by atoms with van der Waals surface area (Å²) in [5, 5.41) is 2.91. The van der Waals surface area contributed by atoms with Gasteiger partial charge in [-0.1, -0.05) is 19.9 Å². The van der Waals surface area contributed by atoms with Gasteiger partial charge in [0, 0.05) is 18.1 Å². The minimum Gasteiger partial charge on any atom is -0.442 e. The number of hydrogen-bond donors (Lipinski definition) is 1. The number of rotatable bonds is 6. The van der Waals surface area contributed by atoms with Crippen molar-refractivity contribution < 1.29 is 22.4 Å². The molecule has 2 heterocycles. The Morgan fingerprint density at radius 1 is 1.29 bits per heavy atom. The first kappa shape index (κ1) is 22.7. The van der Waals surface area contributed by atoms with Crippen LogP contribution in [0.15, 0.2) is 47.3 Å². The van der Waals surface area contributed by atoms with Crippen molar-refractivity contribution in [3.8, 4) is 0 Å². The van der Waals surface area contributed by atoms with Gasteiger partial charge in [-0.3, -0.25) is 4.90 Å². The standard InChI is InChI=1S/C21H26F3N5O2/c1-14(2)18(19-25-11-17(31-19)12-27(3)4)26-20(30)29-9-8-28(13-29)16-7-5-6-15(10-16)21(22,23)24/h5-11,14,18H,12-13H2,1-4H3,(H,26,30)/t18-/m0/s1. The van der Waals surface area contributed by atoms with E-state index in [9.17, 15) is 18.0 Å². The van der Waals surface area contributed by atoms with E-state index in [1.165, 1.54) is 17.2 Å². The van der Waals surface area contributed by atoms with Crippen molar-refractivity contribution in [1.29, 1.82) is 0 Å². The van der Waals surface area contributed by atoms with Crippen LogP contribution in [0.25, 0.3) is 0 Å². The maximum atomic E-state index is 13.0. The maximum Gasteiger partial charge on any atom is 0.416 e. The Bertz CT molecular complexity index is 939. The molecule has 0 aliphatic carbocycles. The molecule has 1 aliphatic rings. The molecule has 2 aromatic rings. The molecule has 0 spiro atoms. The van der Waals surface area contributed by atoms with Crippen molar-refractivity contribution in [3.05, 3.63) is 60.1 Å². The van der Waals surface area contributed by atoms with E-state index in [1.54, 1.807) is 23.4 Å². The van der Waals surface area contributed by atoms with Crippen LogP contribution in [0.2, 0.25) is 0 Å². The summed E-state index contributed by atoms with van der Waals surface area (Å²) in [4.78, 5) is 22.0. The number of amides is 2. The van der Waals surface area contributed by atoms with Gasteiger partial charge in [0.1, 0.15) is 18.5 Å². The summed E-state index contributed by atoms with van der Waals surface area (Å²) in [6, 6.07) is 4.15. The normalized spacial score (nSPS) is 15.3. The highest BCUT2D eigenvalue weighted by atomic mass is 19.4. The summed E-state index contributed by atoms with van der Waals surface area (Å²) in [7, 11) is 3.83. The molecular formula is C21H26F3N5O2. The molecule has 0 saturated heterocycles. The fourth-order valence-corrected chi connectivity index (χ4v) is 3.16. The number of carbonyl (C=O) groups excluding carboxylic acids is 1. The lowest BCUT2D eigenvalue weighted by Crippen LogP contribution is -2.41. The van der Waals surface area contributed by atoms with E-state index in [1.807, 2.05) is 32.8 Å². The Balaban J connectivity index is 1.67. The van der Waals surface area contributed by atoms with Gasteiger partial charge in [0.2, 0.25) is 5.89 Å². The molecule has 0 unspecified atom stereocenters. The van der Waals surface area contributed by atoms with Gasteiger partial charge in [-0.05, 0) is 38.2 Å². The molecule has 1 atom stereocenters. The van der Waals surface area contributed by atoms with Crippen LogP contribution in [0, 0.1) is 5.92 Å². The van der Waals surface area contributed by atoms with Crippen LogP contribution in [-0.4, -0.2) is 41.6 Å². The van der Waals surface area contributed by atoms with E-state index in [0.717, 1.165) is 12.1 Å². The maximum absolute atomic E-state index is 13.0. The lowest BCUT2D eigenvalue weighted by Gasteiger charge is -2.24. The number of urea groups is 1. The average molecular weight is 437 g/mol. The van der Waals surface area contributed by atoms with E-state index in [0.29, 0.717) is 23.9 Å². The van der Waals surface area contributed by atoms with Crippen LogP contribution in [0.5, 0.6) is 0 Å². The highest BCUT2D eigenvalue weighted by Gasteiger charge is 2.32. The van der Waals surface area contributed by atoms with Crippen molar-refractivity contribution >= 4 is 11.7 Å². The molecule has 1 aromatic carbocycles. The van der Waals surface area contributed by atoms with Crippen LogP contribution in [0.4, 0.5) is 23.7 Å². The van der Waals surface area contributed by atoms with E-state index in [4.69, 9.17) is 4.42 Å². The number of anilines is 1. The van der Waals surface area contributed by atoms with E-state index >= 15 is 0 Å². The highest BCUT2D eigenvalue weighted by Crippen LogP contribution is 2.32. The minimum absolute atomic E-state index is 0.0148. The second-order valence-electron chi connectivity index (χ2n) is 8.00. The van der Waals surface area contributed by atoms with Crippen molar-refractivity contribution in [1.82, 2.24) is 20.1 Å². The second kappa shape index (κ2) is 9.01. The molecule has 1 N–H and O–H groups in total. The van der Waals surface area contributed by atoms with Gasteiger partial charge in [-0.15, -0.1) is 0 Å². The van der Waals surface area contributed by atoms with Crippen LogP contribution in [0.3, 0.4) is 0 Å². The predicted octanol–water partition coefficient (Wildman–Crippen LogP) is 4.41. The molecule has 0 bridgehead atoms. The SMILES string of the molecule is CC(C)[C@H](NC(=O)N1C=CN(c2cccc(C(F)(F)F)c2)C1)c1ncc(CN(C)C)o1. The summed E-state index contributed by atoms with van der Waals surface area (Å²) < 4.78 is 44.7. The number of aromatic nitrogens is 1. The zero-order valence-corrected chi connectivity index (χ0v) is 17.8. The number of oxazole rings is 1. The fourth-order valence-electron chi connectivity index (χ4n) is 3.16. The smallest absolute Gasteiger partial charge is 0.416 e. The minimum atomic E-state index is -4.43. The first-order chi connectivity index (χ1) is 14.5. The van der Waals surface area contributed by atoms with Gasteiger partial charge in [-0.25, -0.2) is 9.78 Å². The number of benzene rings is 1. The number of alkyl halides is 3. The zero-order chi connectivity index (χ0) is 22.8. The first-order valence-corrected chi connectivity index (χ1v) is 9.83. The third kappa shape index (κ3) is 5.57.